The molecule has 20 heavy (non-hydrogen) atoms. The maximum atomic E-state index is 4.49. The molecule has 0 radical (unpaired) electrons. The van der Waals surface area contributed by atoms with E-state index in [0.29, 0.717) is 0 Å². The van der Waals surface area contributed by atoms with Gasteiger partial charge in [-0.15, -0.1) is 0 Å². The van der Waals surface area contributed by atoms with Gasteiger partial charge < -0.3 is 9.80 Å². The van der Waals surface area contributed by atoms with E-state index in [9.17, 15) is 0 Å². The zero-order valence-corrected chi connectivity index (χ0v) is 13.5. The fourth-order valence-corrected chi connectivity index (χ4v) is 2.29. The summed E-state index contributed by atoms with van der Waals surface area (Å²) in [4.78, 5) is 9.14. The van der Waals surface area contributed by atoms with Gasteiger partial charge in [0.2, 0.25) is 0 Å². The maximum absolute atomic E-state index is 4.49. The molecule has 0 aliphatic carbocycles. The lowest BCUT2D eigenvalue weighted by Crippen LogP contribution is -2.33. The van der Waals surface area contributed by atoms with E-state index in [2.05, 4.69) is 47.9 Å². The molecule has 0 fully saturated rings. The Balaban J connectivity index is 2.35. The highest BCUT2D eigenvalue weighted by molar-refractivity contribution is 5.37. The highest BCUT2D eigenvalue weighted by Gasteiger charge is 2.07. The molecule has 0 saturated heterocycles. The number of likely N-dealkylation sites (N-methyl/N-ethyl adjacent to an activating group) is 1. The first kappa shape index (κ1) is 17.0. The topological polar surface area (TPSA) is 19.4 Å². The van der Waals surface area contributed by atoms with E-state index in [1.54, 1.807) is 0 Å². The van der Waals surface area contributed by atoms with Gasteiger partial charge in [0.15, 0.2) is 0 Å². The fraction of sp³-hybridized carbons (Fsp3) is 0.706. The van der Waals surface area contributed by atoms with E-state index in [-0.39, 0.29) is 0 Å². The van der Waals surface area contributed by atoms with Crippen LogP contribution in [0.4, 0.5) is 5.82 Å². The number of nitrogens with zero attached hydrogens (tertiary/aromatic N) is 3. The van der Waals surface area contributed by atoms with Crippen LogP contribution in [0, 0.1) is 0 Å². The number of hydrogen-bond acceptors (Lipinski definition) is 3. The largest absolute Gasteiger partial charge is 0.355 e. The van der Waals surface area contributed by atoms with Crippen LogP contribution >= 0.6 is 0 Å². The van der Waals surface area contributed by atoms with Gasteiger partial charge in [-0.1, -0.05) is 45.1 Å². The average Bonchev–Trinajstić information content (AvgIpc) is 2.46. The third-order valence-electron chi connectivity index (χ3n) is 3.57. The van der Waals surface area contributed by atoms with Crippen LogP contribution in [0.3, 0.4) is 0 Å². The van der Waals surface area contributed by atoms with E-state index >= 15 is 0 Å². The minimum atomic E-state index is 1.05. The minimum Gasteiger partial charge on any atom is -0.355 e. The SMILES string of the molecule is CCCCCCCCN(CCN(C)C)c1ccccn1. The van der Waals surface area contributed by atoms with Crippen molar-refractivity contribution in [2.75, 3.05) is 38.6 Å². The molecule has 1 rings (SSSR count). The molecule has 114 valence electrons. The third kappa shape index (κ3) is 7.49. The molecule has 0 spiro atoms. The van der Waals surface area contributed by atoms with Crippen LogP contribution in [-0.2, 0) is 0 Å². The van der Waals surface area contributed by atoms with Crippen molar-refractivity contribution >= 4 is 5.82 Å². The molecule has 1 heterocycles. The Morgan fingerprint density at radius 1 is 0.900 bits per heavy atom. The van der Waals surface area contributed by atoms with Crippen LogP contribution in [-0.4, -0.2) is 43.6 Å². The Bertz CT molecular complexity index is 324. The second-order valence-corrected chi connectivity index (χ2v) is 5.75. The van der Waals surface area contributed by atoms with Gasteiger partial charge >= 0.3 is 0 Å². The van der Waals surface area contributed by atoms with Crippen molar-refractivity contribution in [3.63, 3.8) is 0 Å². The summed E-state index contributed by atoms with van der Waals surface area (Å²) in [6.45, 7) is 5.52. The molecule has 0 aliphatic rings. The predicted octanol–water partition coefficient (Wildman–Crippen LogP) is 3.81. The monoisotopic (exact) mass is 277 g/mol. The molecule has 0 N–H and O–H groups in total. The molecule has 0 saturated carbocycles. The zero-order valence-electron chi connectivity index (χ0n) is 13.5. The highest BCUT2D eigenvalue weighted by atomic mass is 15.2. The maximum Gasteiger partial charge on any atom is 0.128 e. The molecule has 0 aliphatic heterocycles. The molecule has 0 amide bonds. The standard InChI is InChI=1S/C17H31N3/c1-4-5-6-7-8-11-14-20(16-15-19(2)3)17-12-9-10-13-18-17/h9-10,12-13H,4-8,11,14-16H2,1-3H3. The summed E-state index contributed by atoms with van der Waals surface area (Å²) in [5, 5.41) is 0. The number of unbranched alkanes of at least 4 members (excludes halogenated alkanes) is 5. The van der Waals surface area contributed by atoms with Crippen LogP contribution in [0.15, 0.2) is 24.4 Å². The van der Waals surface area contributed by atoms with Crippen molar-refractivity contribution in [3.8, 4) is 0 Å². The van der Waals surface area contributed by atoms with Crippen LogP contribution in [0.25, 0.3) is 0 Å². The van der Waals surface area contributed by atoms with Crippen LogP contribution in [0.2, 0.25) is 0 Å². The Labute approximate surface area is 125 Å². The van der Waals surface area contributed by atoms with E-state index < -0.39 is 0 Å². The first-order valence-corrected chi connectivity index (χ1v) is 8.04. The summed E-state index contributed by atoms with van der Waals surface area (Å²) >= 11 is 0. The van der Waals surface area contributed by atoms with Gasteiger partial charge in [-0.2, -0.15) is 0 Å². The Kier molecular flexibility index (Phi) is 9.05. The summed E-state index contributed by atoms with van der Waals surface area (Å²) in [7, 11) is 4.25. The number of anilines is 1. The van der Waals surface area contributed by atoms with Crippen molar-refractivity contribution in [1.29, 1.82) is 0 Å². The quantitative estimate of drug-likeness (QED) is 0.573. The van der Waals surface area contributed by atoms with E-state index in [4.69, 9.17) is 0 Å². The second-order valence-electron chi connectivity index (χ2n) is 5.75. The van der Waals surface area contributed by atoms with Crippen molar-refractivity contribution in [3.05, 3.63) is 24.4 Å². The number of pyridine rings is 1. The smallest absolute Gasteiger partial charge is 0.128 e. The van der Waals surface area contributed by atoms with Crippen molar-refractivity contribution < 1.29 is 0 Å². The van der Waals surface area contributed by atoms with Gasteiger partial charge in [0.1, 0.15) is 5.82 Å². The second kappa shape index (κ2) is 10.7. The van der Waals surface area contributed by atoms with Crippen LogP contribution < -0.4 is 4.90 Å². The lowest BCUT2D eigenvalue weighted by molar-refractivity contribution is 0.411. The zero-order chi connectivity index (χ0) is 14.6. The summed E-state index contributed by atoms with van der Waals surface area (Å²) in [6.07, 6.45) is 9.96. The fourth-order valence-electron chi connectivity index (χ4n) is 2.29. The molecule has 1 aromatic rings. The lowest BCUT2D eigenvalue weighted by Gasteiger charge is -2.25. The van der Waals surface area contributed by atoms with Gasteiger partial charge in [0.05, 0.1) is 0 Å². The van der Waals surface area contributed by atoms with E-state index in [1.165, 1.54) is 38.5 Å². The first-order chi connectivity index (χ1) is 9.74. The highest BCUT2D eigenvalue weighted by Crippen LogP contribution is 2.12. The van der Waals surface area contributed by atoms with Crippen LogP contribution in [0.5, 0.6) is 0 Å². The summed E-state index contributed by atoms with van der Waals surface area (Å²) in [5.74, 6) is 1.11. The van der Waals surface area contributed by atoms with Crippen LogP contribution in [0.1, 0.15) is 45.4 Å². The third-order valence-corrected chi connectivity index (χ3v) is 3.57. The Morgan fingerprint density at radius 2 is 1.65 bits per heavy atom. The van der Waals surface area contributed by atoms with E-state index in [0.717, 1.165) is 25.5 Å². The van der Waals surface area contributed by atoms with Crippen molar-refractivity contribution in [1.82, 2.24) is 9.88 Å². The Hall–Kier alpha value is -1.09. The molecule has 3 nitrogen and oxygen atoms in total. The van der Waals surface area contributed by atoms with Crippen molar-refractivity contribution in [2.24, 2.45) is 0 Å². The number of rotatable bonds is 11. The Morgan fingerprint density at radius 3 is 2.30 bits per heavy atom. The molecule has 0 aromatic carbocycles. The van der Waals surface area contributed by atoms with Gasteiger partial charge in [0, 0.05) is 25.8 Å². The van der Waals surface area contributed by atoms with Gasteiger partial charge in [-0.05, 0) is 32.6 Å². The lowest BCUT2D eigenvalue weighted by atomic mass is 10.1. The molecule has 3 heteroatoms. The molecular formula is C17H31N3. The predicted molar refractivity (Wildman–Crippen MR) is 88.4 cm³/mol. The number of hydrogen-bond donors (Lipinski definition) is 0. The summed E-state index contributed by atoms with van der Waals surface area (Å²) < 4.78 is 0. The minimum absolute atomic E-state index is 1.05. The average molecular weight is 277 g/mol. The molecular weight excluding hydrogens is 246 g/mol. The van der Waals surface area contributed by atoms with Gasteiger partial charge in [0.25, 0.3) is 0 Å². The van der Waals surface area contributed by atoms with Gasteiger partial charge in [-0.25, -0.2) is 4.98 Å². The molecule has 0 bridgehead atoms. The van der Waals surface area contributed by atoms with Gasteiger partial charge in [-0.3, -0.25) is 0 Å². The summed E-state index contributed by atoms with van der Waals surface area (Å²) in [6, 6.07) is 6.18. The van der Waals surface area contributed by atoms with Crippen molar-refractivity contribution in [2.45, 2.75) is 45.4 Å². The summed E-state index contributed by atoms with van der Waals surface area (Å²) in [5.41, 5.74) is 0. The number of aromatic nitrogens is 1. The molecule has 0 atom stereocenters. The first-order valence-electron chi connectivity index (χ1n) is 8.04. The normalized spacial score (nSPS) is 11.0. The van der Waals surface area contributed by atoms with E-state index in [1.807, 2.05) is 12.3 Å². The molecule has 1 aromatic heterocycles. The molecule has 0 unspecified atom stereocenters.